The summed E-state index contributed by atoms with van der Waals surface area (Å²) < 4.78 is 3.88. The highest BCUT2D eigenvalue weighted by Crippen LogP contribution is 2.11. The van der Waals surface area contributed by atoms with Crippen LogP contribution in [0.2, 0.25) is 0 Å². The van der Waals surface area contributed by atoms with Gasteiger partial charge < -0.3 is 10.6 Å². The van der Waals surface area contributed by atoms with Crippen molar-refractivity contribution >= 4 is 5.96 Å². The van der Waals surface area contributed by atoms with Crippen molar-refractivity contribution in [3.63, 3.8) is 0 Å². The van der Waals surface area contributed by atoms with Gasteiger partial charge in [-0.15, -0.1) is 0 Å². The van der Waals surface area contributed by atoms with Crippen LogP contribution in [-0.2, 0) is 20.0 Å². The second kappa shape index (κ2) is 9.10. The molecule has 2 heterocycles. The molecule has 2 N–H and O–H groups in total. The topological polar surface area (TPSA) is 72.1 Å². The number of aliphatic imine (C=N–C) groups is 1. The van der Waals surface area contributed by atoms with Crippen LogP contribution in [0.4, 0.5) is 0 Å². The van der Waals surface area contributed by atoms with Gasteiger partial charge in [-0.1, -0.05) is 0 Å². The minimum absolute atomic E-state index is 0.778. The van der Waals surface area contributed by atoms with Crippen molar-refractivity contribution in [2.75, 3.05) is 19.6 Å². The smallest absolute Gasteiger partial charge is 0.191 e. The molecule has 0 atom stereocenters. The molecule has 2 rings (SSSR count). The molecule has 7 nitrogen and oxygen atoms in total. The Morgan fingerprint density at radius 3 is 2.75 bits per heavy atom. The fraction of sp³-hybridized carbons (Fsp3) is 0.588. The van der Waals surface area contributed by atoms with Gasteiger partial charge in [-0.2, -0.15) is 10.2 Å². The lowest BCUT2D eigenvalue weighted by atomic mass is 10.1. The summed E-state index contributed by atoms with van der Waals surface area (Å²) in [4.78, 5) is 4.63. The summed E-state index contributed by atoms with van der Waals surface area (Å²) in [6.45, 7) is 9.63. The van der Waals surface area contributed by atoms with E-state index in [0.717, 1.165) is 50.7 Å². The van der Waals surface area contributed by atoms with Crippen molar-refractivity contribution < 1.29 is 0 Å². The number of guanidine groups is 1. The second-order valence-electron chi connectivity index (χ2n) is 5.83. The van der Waals surface area contributed by atoms with E-state index in [4.69, 9.17) is 0 Å². The van der Waals surface area contributed by atoms with Crippen LogP contribution in [-0.4, -0.2) is 45.2 Å². The van der Waals surface area contributed by atoms with Crippen LogP contribution in [0.15, 0.2) is 23.5 Å². The quantitative estimate of drug-likeness (QED) is 0.436. The number of nitrogens with zero attached hydrogens (tertiary/aromatic N) is 5. The van der Waals surface area contributed by atoms with E-state index in [1.54, 1.807) is 6.20 Å². The molecule has 2 aromatic heterocycles. The normalized spacial score (nSPS) is 11.8. The van der Waals surface area contributed by atoms with E-state index in [9.17, 15) is 0 Å². The van der Waals surface area contributed by atoms with Crippen molar-refractivity contribution in [1.29, 1.82) is 0 Å². The monoisotopic (exact) mass is 331 g/mol. The van der Waals surface area contributed by atoms with Crippen LogP contribution >= 0.6 is 0 Å². The van der Waals surface area contributed by atoms with Crippen molar-refractivity contribution in [2.45, 2.75) is 40.2 Å². The molecule has 0 amide bonds. The first-order valence-corrected chi connectivity index (χ1v) is 8.60. The Bertz CT molecular complexity index is 640. The Kier molecular flexibility index (Phi) is 6.84. The van der Waals surface area contributed by atoms with Crippen LogP contribution in [0.5, 0.6) is 0 Å². The number of hydrogen-bond donors (Lipinski definition) is 2. The molecule has 0 aliphatic carbocycles. The van der Waals surface area contributed by atoms with Crippen LogP contribution in [0.25, 0.3) is 0 Å². The third kappa shape index (κ3) is 5.11. The Morgan fingerprint density at radius 1 is 1.29 bits per heavy atom. The number of rotatable bonds is 8. The molecule has 0 unspecified atom stereocenters. The largest absolute Gasteiger partial charge is 0.357 e. The van der Waals surface area contributed by atoms with Gasteiger partial charge in [-0.05, 0) is 45.2 Å². The standard InChI is InChI=1S/C17H29N7/c1-5-18-17(19-9-6-12-24-13-7-10-21-24)20-11-8-16-14(2)22-23(4)15(16)3/h7,10,13H,5-6,8-9,11-12H2,1-4H3,(H2,18,19,20). The molecular weight excluding hydrogens is 302 g/mol. The molecule has 0 radical (unpaired) electrons. The molecule has 24 heavy (non-hydrogen) atoms. The lowest BCUT2D eigenvalue weighted by Crippen LogP contribution is -2.38. The summed E-state index contributed by atoms with van der Waals surface area (Å²) in [5.41, 5.74) is 3.66. The second-order valence-corrected chi connectivity index (χ2v) is 5.83. The fourth-order valence-corrected chi connectivity index (χ4v) is 2.68. The van der Waals surface area contributed by atoms with Crippen molar-refractivity contribution in [3.8, 4) is 0 Å². The zero-order chi connectivity index (χ0) is 17.4. The summed E-state index contributed by atoms with van der Waals surface area (Å²) >= 11 is 0. The maximum Gasteiger partial charge on any atom is 0.191 e. The Balaban J connectivity index is 1.78. The molecule has 2 aromatic rings. The first kappa shape index (κ1) is 18.0. The number of nitrogens with one attached hydrogen (secondary N) is 2. The van der Waals surface area contributed by atoms with Gasteiger partial charge >= 0.3 is 0 Å². The van der Waals surface area contributed by atoms with Crippen molar-refractivity contribution in [3.05, 3.63) is 35.4 Å². The average molecular weight is 331 g/mol. The van der Waals surface area contributed by atoms with E-state index in [1.807, 2.05) is 28.7 Å². The van der Waals surface area contributed by atoms with Gasteiger partial charge in [0.1, 0.15) is 0 Å². The zero-order valence-electron chi connectivity index (χ0n) is 15.2. The summed E-state index contributed by atoms with van der Waals surface area (Å²) in [5.74, 6) is 0.872. The molecule has 0 saturated heterocycles. The van der Waals surface area contributed by atoms with Crippen LogP contribution in [0, 0.1) is 13.8 Å². The molecule has 7 heteroatoms. The minimum Gasteiger partial charge on any atom is -0.357 e. The van der Waals surface area contributed by atoms with Gasteiger partial charge in [0.25, 0.3) is 0 Å². The summed E-state index contributed by atoms with van der Waals surface area (Å²) in [6.07, 6.45) is 5.70. The maximum atomic E-state index is 4.63. The highest BCUT2D eigenvalue weighted by atomic mass is 15.3. The summed E-state index contributed by atoms with van der Waals surface area (Å²) in [6, 6.07) is 1.94. The van der Waals surface area contributed by atoms with Crippen LogP contribution < -0.4 is 10.6 Å². The van der Waals surface area contributed by atoms with Gasteiger partial charge in [0, 0.05) is 51.3 Å². The maximum absolute atomic E-state index is 4.63. The molecule has 0 fully saturated rings. The first-order valence-electron chi connectivity index (χ1n) is 8.60. The van der Waals surface area contributed by atoms with Crippen LogP contribution in [0.3, 0.4) is 0 Å². The van der Waals surface area contributed by atoms with Gasteiger partial charge in [-0.3, -0.25) is 14.4 Å². The Labute approximate surface area is 144 Å². The van der Waals surface area contributed by atoms with E-state index < -0.39 is 0 Å². The van der Waals surface area contributed by atoms with E-state index in [0.29, 0.717) is 0 Å². The molecule has 0 aliphatic heterocycles. The van der Waals surface area contributed by atoms with Gasteiger partial charge in [0.15, 0.2) is 5.96 Å². The predicted molar refractivity (Wildman–Crippen MR) is 97.2 cm³/mol. The number of aromatic nitrogens is 4. The third-order valence-electron chi connectivity index (χ3n) is 4.04. The number of aryl methyl sites for hydroxylation is 3. The van der Waals surface area contributed by atoms with E-state index in [2.05, 4.69) is 46.6 Å². The molecule has 0 aliphatic rings. The van der Waals surface area contributed by atoms with Gasteiger partial charge in [0.05, 0.1) is 5.69 Å². The third-order valence-corrected chi connectivity index (χ3v) is 4.04. The molecule has 0 aromatic carbocycles. The highest BCUT2D eigenvalue weighted by molar-refractivity contribution is 5.79. The highest BCUT2D eigenvalue weighted by Gasteiger charge is 2.08. The van der Waals surface area contributed by atoms with Crippen molar-refractivity contribution in [2.24, 2.45) is 12.0 Å². The Hall–Kier alpha value is -2.31. The minimum atomic E-state index is 0.778. The van der Waals surface area contributed by atoms with E-state index in [1.165, 1.54) is 11.3 Å². The molecule has 0 spiro atoms. The molecular formula is C17H29N7. The van der Waals surface area contributed by atoms with E-state index >= 15 is 0 Å². The molecule has 0 bridgehead atoms. The lowest BCUT2D eigenvalue weighted by molar-refractivity contribution is 0.584. The zero-order valence-corrected chi connectivity index (χ0v) is 15.2. The lowest BCUT2D eigenvalue weighted by Gasteiger charge is -2.11. The SMILES string of the molecule is CCNC(=NCCCn1cccn1)NCCc1c(C)nn(C)c1C. The molecule has 0 saturated carbocycles. The number of hydrogen-bond acceptors (Lipinski definition) is 3. The van der Waals surface area contributed by atoms with Gasteiger partial charge in [0.2, 0.25) is 0 Å². The average Bonchev–Trinajstić information content (AvgIpc) is 3.15. The van der Waals surface area contributed by atoms with E-state index in [-0.39, 0.29) is 0 Å². The first-order chi connectivity index (χ1) is 11.6. The van der Waals surface area contributed by atoms with Crippen LogP contribution in [0.1, 0.15) is 30.3 Å². The fourth-order valence-electron chi connectivity index (χ4n) is 2.68. The Morgan fingerprint density at radius 2 is 2.12 bits per heavy atom. The summed E-state index contributed by atoms with van der Waals surface area (Å²) in [7, 11) is 1.99. The predicted octanol–water partition coefficient (Wildman–Crippen LogP) is 1.42. The van der Waals surface area contributed by atoms with Crippen molar-refractivity contribution in [1.82, 2.24) is 30.2 Å². The van der Waals surface area contributed by atoms with Gasteiger partial charge in [-0.25, -0.2) is 0 Å². The summed E-state index contributed by atoms with van der Waals surface area (Å²) in [5, 5.41) is 15.4. The molecule has 132 valence electrons.